The van der Waals surface area contributed by atoms with Gasteiger partial charge in [0.15, 0.2) is 0 Å². The molecule has 1 aromatic heterocycles. The molecule has 0 aliphatic carbocycles. The molecule has 7 heteroatoms. The zero-order valence-corrected chi connectivity index (χ0v) is 21.5. The van der Waals surface area contributed by atoms with Crippen LogP contribution < -0.4 is 10.4 Å². The smallest absolute Gasteiger partial charge is 0.222 e. The van der Waals surface area contributed by atoms with Gasteiger partial charge in [0, 0.05) is 37.9 Å². The van der Waals surface area contributed by atoms with Gasteiger partial charge in [-0.05, 0) is 59.2 Å². The molecule has 0 radical (unpaired) electrons. The van der Waals surface area contributed by atoms with E-state index in [4.69, 9.17) is 4.74 Å². The second-order valence-corrected chi connectivity index (χ2v) is 9.85. The number of benzene rings is 3. The monoisotopic (exact) mass is 509 g/mol. The number of likely N-dealkylation sites (tertiary alicyclic amines) is 1. The van der Waals surface area contributed by atoms with Crippen LogP contribution in [-0.4, -0.2) is 46.7 Å². The van der Waals surface area contributed by atoms with E-state index in [2.05, 4.69) is 69.9 Å². The first-order chi connectivity index (χ1) is 18.7. The Morgan fingerprint density at radius 1 is 0.947 bits per heavy atom. The van der Waals surface area contributed by atoms with Crippen LogP contribution in [-0.2, 0) is 17.8 Å². The summed E-state index contributed by atoms with van der Waals surface area (Å²) in [5.41, 5.74) is 3.37. The number of aryl methyl sites for hydroxylation is 1. The maximum absolute atomic E-state index is 11.6. The van der Waals surface area contributed by atoms with Crippen molar-refractivity contribution in [2.24, 2.45) is 0 Å². The predicted molar refractivity (Wildman–Crippen MR) is 147 cm³/mol. The van der Waals surface area contributed by atoms with Gasteiger partial charge in [0.1, 0.15) is 6.09 Å². The minimum absolute atomic E-state index is 0.00554. The van der Waals surface area contributed by atoms with Crippen LogP contribution in [0, 0.1) is 0 Å². The molecule has 3 aromatic carbocycles. The molecule has 38 heavy (non-hydrogen) atoms. The van der Waals surface area contributed by atoms with E-state index in [1.54, 1.807) is 0 Å². The van der Waals surface area contributed by atoms with Crippen molar-refractivity contribution in [1.29, 1.82) is 0 Å². The zero-order chi connectivity index (χ0) is 26.2. The molecule has 5 rings (SSSR count). The number of aromatic nitrogens is 2. The molecule has 1 saturated heterocycles. The van der Waals surface area contributed by atoms with E-state index in [1.165, 1.54) is 15.8 Å². The van der Waals surface area contributed by atoms with Crippen LogP contribution in [0.1, 0.15) is 41.9 Å². The van der Waals surface area contributed by atoms with Crippen molar-refractivity contribution in [3.63, 3.8) is 0 Å². The SMILES string of the molecule is O=C([O-])N1CCC(c2cnc(NCCCCc3ccccc3)nc2)C(OCc2ccc3ccccc3c2)C1. The topological polar surface area (TPSA) is 90.4 Å². The van der Waals surface area contributed by atoms with Gasteiger partial charge < -0.3 is 24.9 Å². The van der Waals surface area contributed by atoms with Crippen molar-refractivity contribution in [2.75, 3.05) is 25.0 Å². The molecule has 196 valence electrons. The Bertz CT molecular complexity index is 1330. The quantitative estimate of drug-likeness (QED) is 0.309. The Balaban J connectivity index is 1.17. The van der Waals surface area contributed by atoms with Gasteiger partial charge in [0.05, 0.1) is 12.7 Å². The highest BCUT2D eigenvalue weighted by atomic mass is 16.5. The van der Waals surface area contributed by atoms with Crippen molar-refractivity contribution >= 4 is 22.8 Å². The molecule has 2 unspecified atom stereocenters. The molecule has 4 aromatic rings. The van der Waals surface area contributed by atoms with Crippen LogP contribution in [0.25, 0.3) is 10.8 Å². The number of hydrogen-bond donors (Lipinski definition) is 1. The van der Waals surface area contributed by atoms with Crippen molar-refractivity contribution in [1.82, 2.24) is 14.9 Å². The Morgan fingerprint density at radius 3 is 2.50 bits per heavy atom. The van der Waals surface area contributed by atoms with E-state index in [0.29, 0.717) is 25.5 Å². The standard InChI is InChI=1S/C31H34N4O3/c36-31(37)35-17-15-28(29(21-35)38-22-24-13-14-25-11-4-5-12-26(25)18-24)27-19-33-30(34-20-27)32-16-7-6-10-23-8-2-1-3-9-23/h1-5,8-9,11-14,18-20,28-29H,6-7,10,15-17,21-22H2,(H,36,37)(H,32,33,34)/p-1. The van der Waals surface area contributed by atoms with Gasteiger partial charge in [-0.2, -0.15) is 0 Å². The summed E-state index contributed by atoms with van der Waals surface area (Å²) in [4.78, 5) is 22.0. The fourth-order valence-electron chi connectivity index (χ4n) is 5.08. The van der Waals surface area contributed by atoms with Crippen molar-refractivity contribution < 1.29 is 14.6 Å². The van der Waals surface area contributed by atoms with Crippen molar-refractivity contribution in [2.45, 2.75) is 44.3 Å². The average Bonchev–Trinajstić information content (AvgIpc) is 2.96. The van der Waals surface area contributed by atoms with E-state index in [1.807, 2.05) is 30.6 Å². The van der Waals surface area contributed by atoms with E-state index in [-0.39, 0.29) is 18.6 Å². The third-order valence-electron chi connectivity index (χ3n) is 7.21. The van der Waals surface area contributed by atoms with Crippen LogP contribution in [0.5, 0.6) is 0 Å². The number of nitrogens with zero attached hydrogens (tertiary/aromatic N) is 3. The van der Waals surface area contributed by atoms with E-state index in [0.717, 1.165) is 42.3 Å². The van der Waals surface area contributed by atoms with Gasteiger partial charge in [-0.25, -0.2) is 9.97 Å². The molecule has 1 aliphatic heterocycles. The summed E-state index contributed by atoms with van der Waals surface area (Å²) in [5, 5.41) is 17.2. The van der Waals surface area contributed by atoms with Gasteiger partial charge in [0.25, 0.3) is 0 Å². The molecular formula is C31H33N4O3-. The first kappa shape index (κ1) is 25.7. The molecule has 1 N–H and O–H groups in total. The number of carbonyl (C=O) groups excluding carboxylic acids is 1. The molecule has 0 spiro atoms. The van der Waals surface area contributed by atoms with Crippen LogP contribution in [0.4, 0.5) is 10.7 Å². The average molecular weight is 510 g/mol. The first-order valence-corrected chi connectivity index (χ1v) is 13.3. The molecule has 1 fully saturated rings. The lowest BCUT2D eigenvalue weighted by Gasteiger charge is -2.39. The number of fused-ring (bicyclic) bond motifs is 1. The van der Waals surface area contributed by atoms with Crippen LogP contribution in [0.3, 0.4) is 0 Å². The maximum Gasteiger partial charge on any atom is 0.222 e. The molecule has 1 amide bonds. The zero-order valence-electron chi connectivity index (χ0n) is 21.5. The fourth-order valence-corrected chi connectivity index (χ4v) is 5.08. The van der Waals surface area contributed by atoms with Crippen molar-refractivity contribution in [3.05, 3.63) is 102 Å². The number of carboxylic acid groups (broad SMARTS) is 1. The Labute approximate surface area is 223 Å². The second kappa shape index (κ2) is 12.5. The van der Waals surface area contributed by atoms with Crippen molar-refractivity contribution in [3.8, 4) is 0 Å². The summed E-state index contributed by atoms with van der Waals surface area (Å²) in [6, 6.07) is 25.0. The number of nitrogens with one attached hydrogen (secondary N) is 1. The Morgan fingerprint density at radius 2 is 1.71 bits per heavy atom. The largest absolute Gasteiger partial charge is 0.530 e. The molecule has 2 atom stereocenters. The highest BCUT2D eigenvalue weighted by Gasteiger charge is 2.32. The predicted octanol–water partition coefficient (Wildman–Crippen LogP) is 4.78. The summed E-state index contributed by atoms with van der Waals surface area (Å²) >= 11 is 0. The van der Waals surface area contributed by atoms with Crippen LogP contribution >= 0.6 is 0 Å². The number of amides is 1. The lowest BCUT2D eigenvalue weighted by Crippen LogP contribution is -2.51. The number of piperidine rings is 1. The minimum Gasteiger partial charge on any atom is -0.530 e. The van der Waals surface area contributed by atoms with E-state index in [9.17, 15) is 9.90 Å². The van der Waals surface area contributed by atoms with Gasteiger partial charge in [-0.15, -0.1) is 0 Å². The highest BCUT2D eigenvalue weighted by Crippen LogP contribution is 2.31. The molecule has 7 nitrogen and oxygen atoms in total. The minimum atomic E-state index is -1.16. The van der Waals surface area contributed by atoms with Gasteiger partial charge in [-0.3, -0.25) is 0 Å². The third kappa shape index (κ3) is 6.66. The fraction of sp³-hybridized carbons (Fsp3) is 0.323. The first-order valence-electron chi connectivity index (χ1n) is 13.3. The normalized spacial score (nSPS) is 17.4. The molecule has 1 aliphatic rings. The Kier molecular flexibility index (Phi) is 8.46. The summed E-state index contributed by atoms with van der Waals surface area (Å²) in [7, 11) is 0. The number of anilines is 1. The molecule has 2 heterocycles. The number of hydrogen-bond acceptors (Lipinski definition) is 6. The third-order valence-corrected chi connectivity index (χ3v) is 7.21. The van der Waals surface area contributed by atoms with Gasteiger partial charge >= 0.3 is 0 Å². The number of carbonyl (C=O) groups is 1. The van der Waals surface area contributed by atoms with E-state index >= 15 is 0 Å². The lowest BCUT2D eigenvalue weighted by atomic mass is 9.88. The van der Waals surface area contributed by atoms with Crippen LogP contribution in [0.15, 0.2) is 85.2 Å². The van der Waals surface area contributed by atoms with Gasteiger partial charge in [-0.1, -0.05) is 66.7 Å². The number of rotatable bonds is 10. The summed E-state index contributed by atoms with van der Waals surface area (Å²) in [5.74, 6) is 0.611. The lowest BCUT2D eigenvalue weighted by molar-refractivity contribution is -0.268. The summed E-state index contributed by atoms with van der Waals surface area (Å²) < 4.78 is 6.32. The van der Waals surface area contributed by atoms with Crippen LogP contribution in [0.2, 0.25) is 0 Å². The summed E-state index contributed by atoms with van der Waals surface area (Å²) in [6.07, 6.45) is 6.03. The van der Waals surface area contributed by atoms with Gasteiger partial charge in [0.2, 0.25) is 5.95 Å². The Hall–Kier alpha value is -3.97. The molecule has 0 bridgehead atoms. The summed E-state index contributed by atoms with van der Waals surface area (Å²) in [6.45, 7) is 1.89. The highest BCUT2D eigenvalue weighted by molar-refractivity contribution is 5.82. The maximum atomic E-state index is 11.6. The molecular weight excluding hydrogens is 476 g/mol. The number of unbranched alkanes of at least 4 members (excludes halogenated alkanes) is 1. The van der Waals surface area contributed by atoms with E-state index < -0.39 is 6.09 Å². The number of ether oxygens (including phenoxy) is 1. The molecule has 0 saturated carbocycles. The second-order valence-electron chi connectivity index (χ2n) is 9.85.